The number of halogens is 2. The maximum Gasteiger partial charge on any atom is 0.209 e. The maximum absolute atomic E-state index is 6.09. The third-order valence-corrected chi connectivity index (χ3v) is 5.51. The second kappa shape index (κ2) is 8.54. The van der Waals surface area contributed by atoms with E-state index in [1.807, 2.05) is 13.0 Å². The van der Waals surface area contributed by atoms with Crippen LogP contribution in [0.15, 0.2) is 23.4 Å². The van der Waals surface area contributed by atoms with Crippen LogP contribution >= 0.6 is 35.0 Å². The van der Waals surface area contributed by atoms with Gasteiger partial charge in [-0.05, 0) is 38.1 Å². The molecule has 24 heavy (non-hydrogen) atoms. The van der Waals surface area contributed by atoms with Crippen molar-refractivity contribution in [2.24, 2.45) is 0 Å². The first-order chi connectivity index (χ1) is 11.6. The quantitative estimate of drug-likeness (QED) is 0.559. The average molecular weight is 387 g/mol. The monoisotopic (exact) mass is 386 g/mol. The molecule has 0 unspecified atom stereocenters. The Morgan fingerprint density at radius 1 is 1.21 bits per heavy atom. The molecule has 5 nitrogen and oxygen atoms in total. The first kappa shape index (κ1) is 18.0. The summed E-state index contributed by atoms with van der Waals surface area (Å²) < 4.78 is 7.16. The van der Waals surface area contributed by atoms with Crippen molar-refractivity contribution in [1.29, 1.82) is 0 Å². The van der Waals surface area contributed by atoms with E-state index in [4.69, 9.17) is 27.9 Å². The van der Waals surface area contributed by atoms with Gasteiger partial charge < -0.3 is 4.74 Å². The Labute approximate surface area is 156 Å². The van der Waals surface area contributed by atoms with E-state index in [1.165, 1.54) is 0 Å². The van der Waals surface area contributed by atoms with E-state index in [0.29, 0.717) is 10.0 Å². The normalized spacial score (nSPS) is 15.8. The van der Waals surface area contributed by atoms with Crippen molar-refractivity contribution in [2.45, 2.75) is 18.5 Å². The van der Waals surface area contributed by atoms with Crippen LogP contribution in [0.2, 0.25) is 10.0 Å². The lowest BCUT2D eigenvalue weighted by Gasteiger charge is -2.26. The first-order valence-electron chi connectivity index (χ1n) is 7.95. The molecular formula is C16H20Cl2N4OS. The van der Waals surface area contributed by atoms with Crippen LogP contribution in [0.3, 0.4) is 0 Å². The standard InChI is InChI=1S/C16H20Cl2N4OS/c1-12-19-16(24-10-2-5-21-6-8-23-9-7-21)20-22(12)13-3-4-14(17)15(18)11-13/h3-4,11H,2,5-10H2,1H3. The van der Waals surface area contributed by atoms with Crippen molar-refractivity contribution in [3.05, 3.63) is 34.1 Å². The van der Waals surface area contributed by atoms with Crippen LogP contribution in [0, 0.1) is 6.92 Å². The summed E-state index contributed by atoms with van der Waals surface area (Å²) in [4.78, 5) is 6.97. The molecule has 0 radical (unpaired) electrons. The summed E-state index contributed by atoms with van der Waals surface area (Å²) in [6.45, 7) is 6.81. The largest absolute Gasteiger partial charge is 0.379 e. The number of aryl methyl sites for hydroxylation is 1. The highest BCUT2D eigenvalue weighted by molar-refractivity contribution is 7.99. The highest BCUT2D eigenvalue weighted by atomic mass is 35.5. The molecule has 0 atom stereocenters. The van der Waals surface area contributed by atoms with Gasteiger partial charge in [0.2, 0.25) is 5.16 Å². The summed E-state index contributed by atoms with van der Waals surface area (Å²) in [5.41, 5.74) is 0.870. The van der Waals surface area contributed by atoms with Gasteiger partial charge in [-0.2, -0.15) is 0 Å². The van der Waals surface area contributed by atoms with Crippen LogP contribution in [0.4, 0.5) is 0 Å². The van der Waals surface area contributed by atoms with Gasteiger partial charge in [0.05, 0.1) is 28.9 Å². The van der Waals surface area contributed by atoms with Crippen molar-refractivity contribution in [2.75, 3.05) is 38.6 Å². The number of thioether (sulfide) groups is 1. The molecule has 1 fully saturated rings. The SMILES string of the molecule is Cc1nc(SCCCN2CCOCC2)nn1-c1ccc(Cl)c(Cl)c1. The van der Waals surface area contributed by atoms with E-state index in [-0.39, 0.29) is 0 Å². The van der Waals surface area contributed by atoms with Crippen LogP contribution in [0.5, 0.6) is 0 Å². The molecule has 0 saturated carbocycles. The highest BCUT2D eigenvalue weighted by Gasteiger charge is 2.12. The van der Waals surface area contributed by atoms with Crippen LogP contribution in [-0.2, 0) is 4.74 Å². The molecule has 0 spiro atoms. The van der Waals surface area contributed by atoms with Crippen molar-refractivity contribution in [1.82, 2.24) is 19.7 Å². The summed E-state index contributed by atoms with van der Waals surface area (Å²) >= 11 is 13.7. The zero-order chi connectivity index (χ0) is 16.9. The predicted molar refractivity (Wildman–Crippen MR) is 98.7 cm³/mol. The molecule has 1 saturated heterocycles. The molecule has 130 valence electrons. The molecule has 1 aliphatic rings. The number of rotatable bonds is 6. The van der Waals surface area contributed by atoms with Gasteiger partial charge in [0.25, 0.3) is 0 Å². The Morgan fingerprint density at radius 2 is 2.00 bits per heavy atom. The number of morpholine rings is 1. The van der Waals surface area contributed by atoms with Gasteiger partial charge in [-0.15, -0.1) is 5.10 Å². The predicted octanol–water partition coefficient (Wildman–Crippen LogP) is 3.70. The lowest BCUT2D eigenvalue weighted by atomic mass is 10.3. The molecule has 0 bridgehead atoms. The zero-order valence-electron chi connectivity index (χ0n) is 13.5. The Morgan fingerprint density at radius 3 is 2.75 bits per heavy atom. The van der Waals surface area contributed by atoms with E-state index in [0.717, 1.165) is 61.7 Å². The number of hydrogen-bond donors (Lipinski definition) is 0. The van der Waals surface area contributed by atoms with E-state index in [1.54, 1.807) is 28.6 Å². The molecule has 0 amide bonds. The van der Waals surface area contributed by atoms with Gasteiger partial charge in [0, 0.05) is 18.8 Å². The Kier molecular flexibility index (Phi) is 6.41. The molecular weight excluding hydrogens is 367 g/mol. The van der Waals surface area contributed by atoms with Gasteiger partial charge in [-0.3, -0.25) is 4.90 Å². The molecule has 0 aliphatic carbocycles. The summed E-state index contributed by atoms with van der Waals surface area (Å²) in [7, 11) is 0. The zero-order valence-corrected chi connectivity index (χ0v) is 15.9. The number of hydrogen-bond acceptors (Lipinski definition) is 5. The molecule has 8 heteroatoms. The summed E-state index contributed by atoms with van der Waals surface area (Å²) in [6, 6.07) is 5.47. The second-order valence-electron chi connectivity index (χ2n) is 5.61. The van der Waals surface area contributed by atoms with Gasteiger partial charge in [0.1, 0.15) is 5.82 Å². The Bertz CT molecular complexity index is 689. The second-order valence-corrected chi connectivity index (χ2v) is 7.48. The van der Waals surface area contributed by atoms with E-state index in [2.05, 4.69) is 15.0 Å². The number of ether oxygens (including phenoxy) is 1. The van der Waals surface area contributed by atoms with Gasteiger partial charge in [0.15, 0.2) is 0 Å². The molecule has 2 heterocycles. The summed E-state index contributed by atoms with van der Waals surface area (Å²) in [5.74, 6) is 1.84. The Balaban J connectivity index is 1.54. The van der Waals surface area contributed by atoms with Crippen LogP contribution < -0.4 is 0 Å². The third-order valence-electron chi connectivity index (χ3n) is 3.85. The minimum atomic E-state index is 0.517. The number of nitrogens with zero attached hydrogens (tertiary/aromatic N) is 4. The van der Waals surface area contributed by atoms with Crippen LogP contribution in [0.25, 0.3) is 5.69 Å². The third kappa shape index (κ3) is 4.64. The van der Waals surface area contributed by atoms with Crippen LogP contribution in [0.1, 0.15) is 12.2 Å². The van der Waals surface area contributed by atoms with Gasteiger partial charge in [-0.25, -0.2) is 9.67 Å². The summed E-state index contributed by atoms with van der Waals surface area (Å²) in [6.07, 6.45) is 1.12. The minimum absolute atomic E-state index is 0.517. The van der Waals surface area contributed by atoms with E-state index in [9.17, 15) is 0 Å². The average Bonchev–Trinajstić information content (AvgIpc) is 2.96. The smallest absolute Gasteiger partial charge is 0.209 e. The van der Waals surface area contributed by atoms with E-state index >= 15 is 0 Å². The lowest BCUT2D eigenvalue weighted by molar-refractivity contribution is 0.0381. The summed E-state index contributed by atoms with van der Waals surface area (Å²) in [5, 5.41) is 6.42. The van der Waals surface area contributed by atoms with Crippen molar-refractivity contribution >= 4 is 35.0 Å². The Hall–Kier alpha value is -0.790. The minimum Gasteiger partial charge on any atom is -0.379 e. The molecule has 1 aromatic heterocycles. The van der Waals surface area contributed by atoms with E-state index < -0.39 is 0 Å². The fourth-order valence-electron chi connectivity index (χ4n) is 2.56. The molecule has 3 rings (SSSR count). The first-order valence-corrected chi connectivity index (χ1v) is 9.69. The maximum atomic E-state index is 6.09. The lowest BCUT2D eigenvalue weighted by Crippen LogP contribution is -2.36. The molecule has 0 N–H and O–H groups in total. The van der Waals surface area contributed by atoms with Crippen molar-refractivity contribution < 1.29 is 4.74 Å². The van der Waals surface area contributed by atoms with Crippen molar-refractivity contribution in [3.63, 3.8) is 0 Å². The van der Waals surface area contributed by atoms with Crippen LogP contribution in [-0.4, -0.2) is 58.3 Å². The molecule has 1 aromatic carbocycles. The highest BCUT2D eigenvalue weighted by Crippen LogP contribution is 2.25. The number of aromatic nitrogens is 3. The molecule has 1 aliphatic heterocycles. The van der Waals surface area contributed by atoms with Gasteiger partial charge in [-0.1, -0.05) is 35.0 Å². The fourth-order valence-corrected chi connectivity index (χ4v) is 3.65. The fraction of sp³-hybridized carbons (Fsp3) is 0.500. The van der Waals surface area contributed by atoms with Crippen molar-refractivity contribution in [3.8, 4) is 5.69 Å². The van der Waals surface area contributed by atoms with Gasteiger partial charge >= 0.3 is 0 Å². The number of benzene rings is 1. The topological polar surface area (TPSA) is 43.2 Å². The molecule has 2 aromatic rings.